The lowest BCUT2D eigenvalue weighted by atomic mass is 10.2. The number of thiophene rings is 1. The molecule has 2 heterocycles. The summed E-state index contributed by atoms with van der Waals surface area (Å²) in [7, 11) is 0. The molecule has 2 aromatic heterocycles. The van der Waals surface area contributed by atoms with Crippen LogP contribution in [0.5, 0.6) is 0 Å². The quantitative estimate of drug-likeness (QED) is 0.762. The van der Waals surface area contributed by atoms with E-state index in [1.165, 1.54) is 0 Å². The molecule has 1 N–H and O–H groups in total. The summed E-state index contributed by atoms with van der Waals surface area (Å²) in [5.74, 6) is -0.171. The van der Waals surface area contributed by atoms with Gasteiger partial charge in [-0.2, -0.15) is 5.10 Å². The van der Waals surface area contributed by atoms with Crippen molar-refractivity contribution in [3.8, 4) is 16.3 Å². The molecule has 0 spiro atoms. The number of hydrogen-bond donors (Lipinski definition) is 1. The number of nitrogens with zero attached hydrogens (tertiary/aromatic N) is 2. The number of para-hydroxylation sites is 1. The normalized spacial score (nSPS) is 11.0. The molecule has 4 nitrogen and oxygen atoms in total. The fourth-order valence-electron chi connectivity index (χ4n) is 2.23. The average molecular weight is 346 g/mol. The highest BCUT2D eigenvalue weighted by atomic mass is 35.5. The summed E-state index contributed by atoms with van der Waals surface area (Å²) in [5, 5.41) is 10.0. The van der Waals surface area contributed by atoms with E-state index in [0.29, 0.717) is 16.4 Å². The van der Waals surface area contributed by atoms with Gasteiger partial charge in [-0.25, -0.2) is 4.68 Å². The lowest BCUT2D eigenvalue weighted by Crippen LogP contribution is -2.31. The van der Waals surface area contributed by atoms with E-state index in [4.69, 9.17) is 11.6 Å². The number of amides is 1. The molecular formula is C17H16ClN3OS. The molecule has 0 aliphatic carbocycles. The van der Waals surface area contributed by atoms with Gasteiger partial charge in [-0.15, -0.1) is 11.3 Å². The second-order valence-electron chi connectivity index (χ2n) is 5.38. The molecule has 118 valence electrons. The molecule has 0 saturated heterocycles. The largest absolute Gasteiger partial charge is 0.349 e. The van der Waals surface area contributed by atoms with Gasteiger partial charge in [-0.1, -0.05) is 29.8 Å². The SMILES string of the molecule is CC(C)NC(=O)c1cc(-c2cccs2)nn1-c1ccccc1Cl. The monoisotopic (exact) mass is 345 g/mol. The molecule has 0 atom stereocenters. The van der Waals surface area contributed by atoms with Crippen molar-refractivity contribution in [2.75, 3.05) is 0 Å². The first-order chi connectivity index (χ1) is 11.1. The average Bonchev–Trinajstić information content (AvgIpc) is 3.16. The molecule has 0 aliphatic rings. The summed E-state index contributed by atoms with van der Waals surface area (Å²) in [5.41, 5.74) is 1.91. The number of aromatic nitrogens is 2. The number of carbonyl (C=O) groups is 1. The molecular weight excluding hydrogens is 330 g/mol. The van der Waals surface area contributed by atoms with Crippen LogP contribution in [0.1, 0.15) is 24.3 Å². The van der Waals surface area contributed by atoms with Crippen LogP contribution in [0.2, 0.25) is 5.02 Å². The van der Waals surface area contributed by atoms with E-state index in [0.717, 1.165) is 10.6 Å². The Hall–Kier alpha value is -2.11. The van der Waals surface area contributed by atoms with Gasteiger partial charge in [0.15, 0.2) is 0 Å². The van der Waals surface area contributed by atoms with Crippen LogP contribution in [0.25, 0.3) is 16.3 Å². The zero-order valence-electron chi connectivity index (χ0n) is 12.8. The Morgan fingerprint density at radius 3 is 2.70 bits per heavy atom. The fourth-order valence-corrected chi connectivity index (χ4v) is 3.13. The molecule has 0 fully saturated rings. The van der Waals surface area contributed by atoms with E-state index in [1.54, 1.807) is 28.2 Å². The number of nitrogens with one attached hydrogen (secondary N) is 1. The minimum atomic E-state index is -0.171. The maximum Gasteiger partial charge on any atom is 0.270 e. The Morgan fingerprint density at radius 1 is 1.26 bits per heavy atom. The first-order valence-corrected chi connectivity index (χ1v) is 8.51. The highest BCUT2D eigenvalue weighted by molar-refractivity contribution is 7.13. The van der Waals surface area contributed by atoms with E-state index in [2.05, 4.69) is 10.4 Å². The molecule has 1 amide bonds. The van der Waals surface area contributed by atoms with E-state index in [1.807, 2.05) is 49.6 Å². The van der Waals surface area contributed by atoms with Crippen LogP contribution < -0.4 is 5.32 Å². The molecule has 23 heavy (non-hydrogen) atoms. The van der Waals surface area contributed by atoms with Crippen molar-refractivity contribution in [3.05, 3.63) is 58.6 Å². The van der Waals surface area contributed by atoms with Crippen LogP contribution in [0, 0.1) is 0 Å². The highest BCUT2D eigenvalue weighted by Gasteiger charge is 2.19. The predicted molar refractivity (Wildman–Crippen MR) is 94.5 cm³/mol. The van der Waals surface area contributed by atoms with Gasteiger partial charge in [0.05, 0.1) is 15.6 Å². The molecule has 0 saturated carbocycles. The van der Waals surface area contributed by atoms with Gasteiger partial charge in [-0.3, -0.25) is 4.79 Å². The van der Waals surface area contributed by atoms with Gasteiger partial charge in [0.25, 0.3) is 5.91 Å². The summed E-state index contributed by atoms with van der Waals surface area (Å²) >= 11 is 7.87. The maximum absolute atomic E-state index is 12.5. The number of hydrogen-bond acceptors (Lipinski definition) is 3. The van der Waals surface area contributed by atoms with Crippen LogP contribution in [0.3, 0.4) is 0 Å². The summed E-state index contributed by atoms with van der Waals surface area (Å²) in [6.07, 6.45) is 0. The standard InChI is InChI=1S/C17H16ClN3OS/c1-11(2)19-17(22)15-10-13(16-8-5-9-23-16)20-21(15)14-7-4-3-6-12(14)18/h3-11H,1-2H3,(H,19,22). The van der Waals surface area contributed by atoms with Crippen molar-refractivity contribution in [2.45, 2.75) is 19.9 Å². The van der Waals surface area contributed by atoms with Crippen LogP contribution in [-0.4, -0.2) is 21.7 Å². The van der Waals surface area contributed by atoms with Crippen molar-refractivity contribution in [1.82, 2.24) is 15.1 Å². The Labute approximate surface area is 143 Å². The van der Waals surface area contributed by atoms with Crippen molar-refractivity contribution in [1.29, 1.82) is 0 Å². The third-order valence-electron chi connectivity index (χ3n) is 3.22. The van der Waals surface area contributed by atoms with Gasteiger partial charge >= 0.3 is 0 Å². The lowest BCUT2D eigenvalue weighted by Gasteiger charge is -2.11. The van der Waals surface area contributed by atoms with Gasteiger partial charge in [0.1, 0.15) is 11.4 Å². The van der Waals surface area contributed by atoms with Crippen molar-refractivity contribution < 1.29 is 4.79 Å². The Bertz CT molecular complexity index is 824. The van der Waals surface area contributed by atoms with Crippen molar-refractivity contribution in [3.63, 3.8) is 0 Å². The van der Waals surface area contributed by atoms with Gasteiger partial charge in [0.2, 0.25) is 0 Å². The third-order valence-corrected chi connectivity index (χ3v) is 4.43. The van der Waals surface area contributed by atoms with Crippen molar-refractivity contribution >= 4 is 28.8 Å². The van der Waals surface area contributed by atoms with Gasteiger partial charge in [-0.05, 0) is 43.5 Å². The fraction of sp³-hybridized carbons (Fsp3) is 0.176. The number of benzene rings is 1. The zero-order chi connectivity index (χ0) is 16.4. The van der Waals surface area contributed by atoms with E-state index >= 15 is 0 Å². The molecule has 1 aromatic carbocycles. The molecule has 6 heteroatoms. The topological polar surface area (TPSA) is 46.9 Å². The van der Waals surface area contributed by atoms with Gasteiger partial charge < -0.3 is 5.32 Å². The third kappa shape index (κ3) is 3.30. The second-order valence-corrected chi connectivity index (χ2v) is 6.74. The molecule has 0 bridgehead atoms. The van der Waals surface area contributed by atoms with Crippen LogP contribution in [-0.2, 0) is 0 Å². The first kappa shape index (κ1) is 15.8. The number of halogens is 1. The predicted octanol–water partition coefficient (Wildman–Crippen LogP) is 4.39. The molecule has 0 aliphatic heterocycles. The Morgan fingerprint density at radius 2 is 2.04 bits per heavy atom. The minimum absolute atomic E-state index is 0.0438. The summed E-state index contributed by atoms with van der Waals surface area (Å²) in [4.78, 5) is 13.5. The van der Waals surface area contributed by atoms with Crippen LogP contribution >= 0.6 is 22.9 Å². The Kier molecular flexibility index (Phi) is 4.50. The zero-order valence-corrected chi connectivity index (χ0v) is 14.4. The highest BCUT2D eigenvalue weighted by Crippen LogP contribution is 2.28. The number of rotatable bonds is 4. The van der Waals surface area contributed by atoms with E-state index < -0.39 is 0 Å². The minimum Gasteiger partial charge on any atom is -0.349 e. The molecule has 3 rings (SSSR count). The summed E-state index contributed by atoms with van der Waals surface area (Å²) < 4.78 is 1.61. The molecule has 0 unspecified atom stereocenters. The summed E-state index contributed by atoms with van der Waals surface area (Å²) in [6.45, 7) is 3.85. The molecule has 3 aromatic rings. The lowest BCUT2D eigenvalue weighted by molar-refractivity contribution is 0.0935. The second kappa shape index (κ2) is 6.56. The van der Waals surface area contributed by atoms with Gasteiger partial charge in [0, 0.05) is 6.04 Å². The van der Waals surface area contributed by atoms with Crippen LogP contribution in [0.15, 0.2) is 47.8 Å². The maximum atomic E-state index is 12.5. The molecule has 0 radical (unpaired) electrons. The van der Waals surface area contributed by atoms with E-state index in [9.17, 15) is 4.79 Å². The van der Waals surface area contributed by atoms with Crippen LogP contribution in [0.4, 0.5) is 0 Å². The first-order valence-electron chi connectivity index (χ1n) is 7.26. The van der Waals surface area contributed by atoms with E-state index in [-0.39, 0.29) is 11.9 Å². The summed E-state index contributed by atoms with van der Waals surface area (Å²) in [6, 6.07) is 13.1. The Balaban J connectivity index is 2.13. The van der Waals surface area contributed by atoms with Crippen molar-refractivity contribution in [2.24, 2.45) is 0 Å². The number of carbonyl (C=O) groups excluding carboxylic acids is 1. The smallest absolute Gasteiger partial charge is 0.270 e.